The highest BCUT2D eigenvalue weighted by molar-refractivity contribution is 7.98. The van der Waals surface area contributed by atoms with Gasteiger partial charge >= 0.3 is 5.97 Å². The predicted molar refractivity (Wildman–Crippen MR) is 172 cm³/mol. The minimum Gasteiger partial charge on any atom is -0.493 e. The van der Waals surface area contributed by atoms with Gasteiger partial charge in [0.25, 0.3) is 5.56 Å². The zero-order valence-corrected chi connectivity index (χ0v) is 26.8. The molecular weight excluding hydrogens is 604 g/mol. The average Bonchev–Trinajstić information content (AvgIpc) is 3.29. The first-order valence-corrected chi connectivity index (χ1v) is 16.0. The van der Waals surface area contributed by atoms with Crippen LogP contribution >= 0.6 is 34.7 Å². The number of allylic oxidation sites excluding steroid dienone is 1. The number of rotatable bonds is 9. The van der Waals surface area contributed by atoms with Gasteiger partial charge in [0.1, 0.15) is 6.61 Å². The number of carbonyl (C=O) groups is 1. The summed E-state index contributed by atoms with van der Waals surface area (Å²) in [6.45, 7) is 5.66. The molecule has 1 aromatic heterocycles. The van der Waals surface area contributed by atoms with Crippen molar-refractivity contribution in [3.05, 3.63) is 119 Å². The Morgan fingerprint density at radius 2 is 1.86 bits per heavy atom. The van der Waals surface area contributed by atoms with Crippen LogP contribution in [0.25, 0.3) is 6.08 Å². The molecule has 2 heterocycles. The fraction of sp³-hybridized carbons (Fsp3) is 0.242. The van der Waals surface area contributed by atoms with Crippen molar-refractivity contribution in [3.8, 4) is 11.5 Å². The van der Waals surface area contributed by atoms with Crippen molar-refractivity contribution in [2.24, 2.45) is 4.99 Å². The Morgan fingerprint density at radius 1 is 1.12 bits per heavy atom. The molecule has 0 radical (unpaired) electrons. The maximum absolute atomic E-state index is 14.0. The lowest BCUT2D eigenvalue weighted by Gasteiger charge is -2.25. The highest BCUT2D eigenvalue weighted by Gasteiger charge is 2.33. The molecule has 3 aromatic carbocycles. The third-order valence-corrected chi connectivity index (χ3v) is 8.94. The van der Waals surface area contributed by atoms with Crippen LogP contribution in [-0.2, 0) is 16.1 Å². The van der Waals surface area contributed by atoms with Crippen LogP contribution in [0.3, 0.4) is 0 Å². The van der Waals surface area contributed by atoms with E-state index in [2.05, 4.69) is 4.99 Å². The van der Waals surface area contributed by atoms with E-state index in [0.717, 1.165) is 21.6 Å². The molecule has 0 bridgehead atoms. The SMILES string of the molecule is COc1cc(/C=c2\sc3n(c2=O)[C@H](c2ccc(SC)cc2)C(C(=O)OC(C)C)=C(C)N=3)ccc1OCc1ccccc1Cl. The van der Waals surface area contributed by atoms with Crippen LogP contribution in [0.1, 0.15) is 43.5 Å². The fourth-order valence-electron chi connectivity index (χ4n) is 4.78. The second-order valence-corrected chi connectivity index (χ2v) is 12.4. The van der Waals surface area contributed by atoms with Gasteiger partial charge in [-0.2, -0.15) is 0 Å². The molecule has 0 fully saturated rings. The van der Waals surface area contributed by atoms with E-state index in [1.54, 1.807) is 56.4 Å². The number of fused-ring (bicyclic) bond motifs is 1. The third-order valence-electron chi connectivity index (χ3n) is 6.84. The number of hydrogen-bond acceptors (Lipinski definition) is 8. The molecule has 1 aliphatic heterocycles. The normalized spacial score (nSPS) is 14.9. The number of nitrogens with zero attached hydrogens (tertiary/aromatic N) is 2. The molecule has 1 atom stereocenters. The first-order valence-electron chi connectivity index (χ1n) is 13.6. The summed E-state index contributed by atoms with van der Waals surface area (Å²) < 4.78 is 19.2. The zero-order chi connectivity index (χ0) is 30.7. The monoisotopic (exact) mass is 634 g/mol. The summed E-state index contributed by atoms with van der Waals surface area (Å²) in [6.07, 6.45) is 3.48. The largest absolute Gasteiger partial charge is 0.493 e. The van der Waals surface area contributed by atoms with Gasteiger partial charge < -0.3 is 14.2 Å². The number of methoxy groups -OCH3 is 1. The Bertz CT molecular complexity index is 1880. The Kier molecular flexibility index (Phi) is 9.44. The highest BCUT2D eigenvalue weighted by Crippen LogP contribution is 2.33. The van der Waals surface area contributed by atoms with E-state index in [4.69, 9.17) is 25.8 Å². The van der Waals surface area contributed by atoms with Gasteiger partial charge in [-0.3, -0.25) is 9.36 Å². The topological polar surface area (TPSA) is 79.1 Å². The van der Waals surface area contributed by atoms with Gasteiger partial charge in [0.05, 0.1) is 35.1 Å². The molecule has 0 spiro atoms. The summed E-state index contributed by atoms with van der Waals surface area (Å²) in [5.41, 5.74) is 3.05. The third kappa shape index (κ3) is 6.59. The van der Waals surface area contributed by atoms with Crippen molar-refractivity contribution in [1.82, 2.24) is 4.57 Å². The Balaban J connectivity index is 1.55. The molecule has 0 aliphatic carbocycles. The van der Waals surface area contributed by atoms with Gasteiger partial charge in [0, 0.05) is 15.5 Å². The predicted octanol–water partition coefficient (Wildman–Crippen LogP) is 6.15. The molecule has 0 saturated heterocycles. The lowest BCUT2D eigenvalue weighted by atomic mass is 9.96. The molecule has 0 saturated carbocycles. The molecule has 7 nitrogen and oxygen atoms in total. The number of esters is 1. The number of carbonyl (C=O) groups excluding carboxylic acids is 1. The van der Waals surface area contributed by atoms with Gasteiger partial charge in [-0.1, -0.05) is 59.3 Å². The molecule has 10 heteroatoms. The molecule has 4 aromatic rings. The summed E-state index contributed by atoms with van der Waals surface area (Å²) in [5, 5.41) is 0.628. The number of halogens is 1. The van der Waals surface area contributed by atoms with Crippen LogP contribution in [0, 0.1) is 0 Å². The number of benzene rings is 3. The summed E-state index contributed by atoms with van der Waals surface area (Å²) in [4.78, 5) is 33.6. The Morgan fingerprint density at radius 3 is 2.53 bits per heavy atom. The summed E-state index contributed by atoms with van der Waals surface area (Å²) in [5.74, 6) is 0.593. The first-order chi connectivity index (χ1) is 20.7. The standard InChI is InChI=1S/C33H31ClN2O5S2/c1-19(2)41-32(38)29-20(3)35-33-36(30(29)22-11-13-24(42-5)14-12-22)31(37)28(43-33)17-21-10-15-26(27(16-21)39-4)40-18-23-8-6-7-9-25(23)34/h6-17,19,30H,18H2,1-5H3/b28-17-/t30-/m1/s1. The van der Waals surface area contributed by atoms with E-state index in [1.165, 1.54) is 11.3 Å². The van der Waals surface area contributed by atoms with Crippen molar-refractivity contribution >= 4 is 46.7 Å². The van der Waals surface area contributed by atoms with Gasteiger partial charge in [-0.15, -0.1) is 11.8 Å². The van der Waals surface area contributed by atoms with Crippen molar-refractivity contribution in [3.63, 3.8) is 0 Å². The van der Waals surface area contributed by atoms with Crippen molar-refractivity contribution < 1.29 is 19.0 Å². The van der Waals surface area contributed by atoms with Crippen LogP contribution in [-0.4, -0.2) is 30.0 Å². The maximum Gasteiger partial charge on any atom is 0.338 e. The van der Waals surface area contributed by atoms with Crippen LogP contribution in [0.15, 0.2) is 92.7 Å². The molecule has 5 rings (SSSR count). The van der Waals surface area contributed by atoms with Gasteiger partial charge in [-0.25, -0.2) is 9.79 Å². The van der Waals surface area contributed by atoms with E-state index >= 15 is 0 Å². The van der Waals surface area contributed by atoms with E-state index in [1.807, 2.05) is 66.9 Å². The minimum absolute atomic E-state index is 0.247. The first kappa shape index (κ1) is 30.7. The molecular formula is C33H31ClN2O5S2. The Hall–Kier alpha value is -3.79. The minimum atomic E-state index is -0.671. The smallest absolute Gasteiger partial charge is 0.338 e. The Labute approximate surface area is 263 Å². The summed E-state index contributed by atoms with van der Waals surface area (Å²) in [6, 6.07) is 20.2. The summed E-state index contributed by atoms with van der Waals surface area (Å²) >= 11 is 9.17. The van der Waals surface area contributed by atoms with E-state index in [9.17, 15) is 9.59 Å². The molecule has 1 aliphatic rings. The number of aromatic nitrogens is 1. The van der Waals surface area contributed by atoms with Crippen LogP contribution in [0.4, 0.5) is 0 Å². The van der Waals surface area contributed by atoms with Gasteiger partial charge in [0.15, 0.2) is 16.3 Å². The number of hydrogen-bond donors (Lipinski definition) is 0. The molecule has 0 unspecified atom stereocenters. The second kappa shape index (κ2) is 13.2. The van der Waals surface area contributed by atoms with E-state index in [0.29, 0.717) is 37.1 Å². The number of ether oxygens (including phenoxy) is 3. The molecule has 43 heavy (non-hydrogen) atoms. The van der Waals surface area contributed by atoms with Gasteiger partial charge in [0.2, 0.25) is 0 Å². The molecule has 222 valence electrons. The van der Waals surface area contributed by atoms with Gasteiger partial charge in [-0.05, 0) is 74.6 Å². The molecule has 0 N–H and O–H groups in total. The lowest BCUT2D eigenvalue weighted by Crippen LogP contribution is -2.40. The van der Waals surface area contributed by atoms with E-state index < -0.39 is 12.0 Å². The molecule has 0 amide bonds. The maximum atomic E-state index is 14.0. The van der Waals surface area contributed by atoms with Crippen LogP contribution in [0.2, 0.25) is 5.02 Å². The highest BCUT2D eigenvalue weighted by atomic mass is 35.5. The van der Waals surface area contributed by atoms with E-state index in [-0.39, 0.29) is 18.3 Å². The van der Waals surface area contributed by atoms with Crippen molar-refractivity contribution in [1.29, 1.82) is 0 Å². The van der Waals surface area contributed by atoms with Crippen LogP contribution < -0.4 is 24.4 Å². The van der Waals surface area contributed by atoms with Crippen LogP contribution in [0.5, 0.6) is 11.5 Å². The summed E-state index contributed by atoms with van der Waals surface area (Å²) in [7, 11) is 1.57. The quantitative estimate of drug-likeness (QED) is 0.162. The number of thioether (sulfide) groups is 1. The number of thiazole rings is 1. The lowest BCUT2D eigenvalue weighted by molar-refractivity contribution is -0.143. The van der Waals surface area contributed by atoms with Crippen molar-refractivity contribution in [2.75, 3.05) is 13.4 Å². The average molecular weight is 635 g/mol. The zero-order valence-electron chi connectivity index (χ0n) is 24.4. The fourth-order valence-corrected chi connectivity index (χ4v) is 6.42. The van der Waals surface area contributed by atoms with Crippen molar-refractivity contribution in [2.45, 2.75) is 44.4 Å². The second-order valence-electron chi connectivity index (χ2n) is 10.1.